The largest absolute Gasteiger partial charge is 0.351 e. The summed E-state index contributed by atoms with van der Waals surface area (Å²) in [5.74, 6) is -0.518. The Labute approximate surface area is 201 Å². The first-order chi connectivity index (χ1) is 15.5. The van der Waals surface area contributed by atoms with Crippen LogP contribution in [-0.2, 0) is 37.8 Å². The van der Waals surface area contributed by atoms with Crippen molar-refractivity contribution in [1.82, 2.24) is 10.0 Å². The van der Waals surface area contributed by atoms with Gasteiger partial charge in [-0.3, -0.25) is 4.79 Å². The third-order valence-corrected chi connectivity index (χ3v) is 7.68. The van der Waals surface area contributed by atoms with Crippen molar-refractivity contribution in [2.75, 3.05) is 0 Å². The van der Waals surface area contributed by atoms with Crippen LogP contribution in [-0.4, -0.2) is 28.8 Å². The predicted molar refractivity (Wildman–Crippen MR) is 128 cm³/mol. The standard InChI is InChI=1S/C22H22BrN3O5S2/c23-18-8-12-20(13-9-18)33(30,31)26-21(14-16-4-2-1-3-5-16)22(27)25-15-17-6-10-19(11-7-17)32(24,28)29/h1-13,21,26H,14-15H2,(H,25,27)(H2,24,28,29)/t21-/m1/s1. The lowest BCUT2D eigenvalue weighted by Crippen LogP contribution is -2.47. The van der Waals surface area contributed by atoms with Gasteiger partial charge < -0.3 is 5.32 Å². The van der Waals surface area contributed by atoms with Gasteiger partial charge in [0.1, 0.15) is 6.04 Å². The summed E-state index contributed by atoms with van der Waals surface area (Å²) in [4.78, 5) is 12.9. The van der Waals surface area contributed by atoms with E-state index in [-0.39, 0.29) is 22.8 Å². The van der Waals surface area contributed by atoms with Crippen molar-refractivity contribution in [3.63, 3.8) is 0 Å². The number of primary sulfonamides is 1. The Morgan fingerprint density at radius 3 is 1.97 bits per heavy atom. The van der Waals surface area contributed by atoms with Crippen LogP contribution >= 0.6 is 15.9 Å². The van der Waals surface area contributed by atoms with Gasteiger partial charge >= 0.3 is 0 Å². The molecule has 1 amide bonds. The molecule has 0 spiro atoms. The molecule has 3 aromatic rings. The maximum Gasteiger partial charge on any atom is 0.241 e. The number of amides is 1. The molecule has 0 bridgehead atoms. The molecule has 0 radical (unpaired) electrons. The molecular formula is C22H22BrN3O5S2. The summed E-state index contributed by atoms with van der Waals surface area (Å²) in [6.45, 7) is 0.0784. The lowest BCUT2D eigenvalue weighted by atomic mass is 10.1. The second kappa shape index (κ2) is 10.6. The highest BCUT2D eigenvalue weighted by molar-refractivity contribution is 9.10. The normalized spacial score (nSPS) is 12.8. The molecule has 8 nitrogen and oxygen atoms in total. The van der Waals surface area contributed by atoms with Gasteiger partial charge in [-0.15, -0.1) is 0 Å². The van der Waals surface area contributed by atoms with Crippen LogP contribution < -0.4 is 15.2 Å². The number of rotatable bonds is 9. The molecule has 0 saturated carbocycles. The minimum Gasteiger partial charge on any atom is -0.351 e. The number of hydrogen-bond acceptors (Lipinski definition) is 5. The minimum atomic E-state index is -3.96. The van der Waals surface area contributed by atoms with E-state index in [9.17, 15) is 21.6 Å². The quantitative estimate of drug-likeness (QED) is 0.375. The van der Waals surface area contributed by atoms with Gasteiger partial charge in [-0.25, -0.2) is 22.0 Å². The van der Waals surface area contributed by atoms with Crippen LogP contribution in [0, 0.1) is 0 Å². The Kier molecular flexibility index (Phi) is 8.03. The number of nitrogens with two attached hydrogens (primary N) is 1. The van der Waals surface area contributed by atoms with Crippen molar-refractivity contribution in [2.24, 2.45) is 5.14 Å². The van der Waals surface area contributed by atoms with E-state index in [4.69, 9.17) is 5.14 Å². The van der Waals surface area contributed by atoms with Gasteiger partial charge in [-0.05, 0) is 53.9 Å². The Hall–Kier alpha value is -2.57. The molecule has 0 heterocycles. The van der Waals surface area contributed by atoms with Gasteiger partial charge in [0.05, 0.1) is 9.79 Å². The molecule has 174 valence electrons. The van der Waals surface area contributed by atoms with Gasteiger partial charge in [0.2, 0.25) is 26.0 Å². The zero-order valence-electron chi connectivity index (χ0n) is 17.3. The van der Waals surface area contributed by atoms with Crippen molar-refractivity contribution in [3.8, 4) is 0 Å². The van der Waals surface area contributed by atoms with Gasteiger partial charge in [-0.2, -0.15) is 4.72 Å². The van der Waals surface area contributed by atoms with E-state index >= 15 is 0 Å². The molecule has 0 fully saturated rings. The van der Waals surface area contributed by atoms with Gasteiger partial charge in [0.25, 0.3) is 0 Å². The van der Waals surface area contributed by atoms with Crippen LogP contribution in [0.4, 0.5) is 0 Å². The summed E-state index contributed by atoms with van der Waals surface area (Å²) < 4.78 is 51.7. The highest BCUT2D eigenvalue weighted by Gasteiger charge is 2.26. The summed E-state index contributed by atoms with van der Waals surface area (Å²) in [6, 6.07) is 19.8. The minimum absolute atomic E-state index is 0.0372. The van der Waals surface area contributed by atoms with Gasteiger partial charge in [0.15, 0.2) is 0 Å². The predicted octanol–water partition coefficient (Wildman–Crippen LogP) is 2.30. The topological polar surface area (TPSA) is 135 Å². The van der Waals surface area contributed by atoms with Gasteiger partial charge in [-0.1, -0.05) is 58.4 Å². The van der Waals surface area contributed by atoms with Crippen LogP contribution in [0.15, 0.2) is 93.1 Å². The number of hydrogen-bond donors (Lipinski definition) is 3. The number of carbonyl (C=O) groups excluding carboxylic acids is 1. The van der Waals surface area contributed by atoms with Crippen molar-refractivity contribution >= 4 is 41.9 Å². The molecule has 4 N–H and O–H groups in total. The fourth-order valence-corrected chi connectivity index (χ4v) is 4.99. The van der Waals surface area contributed by atoms with Crippen LogP contribution in [0.5, 0.6) is 0 Å². The molecule has 0 aliphatic rings. The van der Waals surface area contributed by atoms with E-state index in [0.29, 0.717) is 5.56 Å². The maximum atomic E-state index is 12.9. The fourth-order valence-electron chi connectivity index (χ4n) is 3.02. The average Bonchev–Trinajstić information content (AvgIpc) is 2.77. The van der Waals surface area contributed by atoms with E-state index in [0.717, 1.165) is 10.0 Å². The first-order valence-corrected chi connectivity index (χ1v) is 13.6. The van der Waals surface area contributed by atoms with Crippen LogP contribution in [0.25, 0.3) is 0 Å². The number of nitrogens with one attached hydrogen (secondary N) is 2. The third-order valence-electron chi connectivity index (χ3n) is 4.74. The monoisotopic (exact) mass is 551 g/mol. The lowest BCUT2D eigenvalue weighted by molar-refractivity contribution is -0.122. The van der Waals surface area contributed by atoms with Crippen molar-refractivity contribution < 1.29 is 21.6 Å². The van der Waals surface area contributed by atoms with Crippen molar-refractivity contribution in [1.29, 1.82) is 0 Å². The molecule has 1 atom stereocenters. The van der Waals surface area contributed by atoms with Crippen LogP contribution in [0.2, 0.25) is 0 Å². The molecular weight excluding hydrogens is 530 g/mol. The summed E-state index contributed by atoms with van der Waals surface area (Å²) in [5.41, 5.74) is 1.42. The van der Waals surface area contributed by atoms with Crippen LogP contribution in [0.3, 0.4) is 0 Å². The number of carbonyl (C=O) groups is 1. The first kappa shape index (κ1) is 25.1. The van der Waals surface area contributed by atoms with Crippen LogP contribution in [0.1, 0.15) is 11.1 Å². The van der Waals surface area contributed by atoms with E-state index in [1.54, 1.807) is 36.4 Å². The van der Waals surface area contributed by atoms with E-state index in [2.05, 4.69) is 26.0 Å². The van der Waals surface area contributed by atoms with E-state index < -0.39 is 32.0 Å². The Bertz CT molecular complexity index is 1310. The molecule has 3 rings (SSSR count). The molecule has 3 aromatic carbocycles. The second-order valence-electron chi connectivity index (χ2n) is 7.22. The molecule has 0 unspecified atom stereocenters. The lowest BCUT2D eigenvalue weighted by Gasteiger charge is -2.19. The second-order valence-corrected chi connectivity index (χ2v) is 11.4. The fraction of sp³-hybridized carbons (Fsp3) is 0.136. The zero-order valence-corrected chi connectivity index (χ0v) is 20.5. The Balaban J connectivity index is 1.77. The van der Waals surface area contributed by atoms with E-state index in [1.165, 1.54) is 36.4 Å². The highest BCUT2D eigenvalue weighted by Crippen LogP contribution is 2.16. The molecule has 33 heavy (non-hydrogen) atoms. The zero-order chi connectivity index (χ0) is 24.1. The van der Waals surface area contributed by atoms with Gasteiger partial charge in [0, 0.05) is 11.0 Å². The smallest absolute Gasteiger partial charge is 0.241 e. The summed E-state index contributed by atoms with van der Waals surface area (Å²) in [6.07, 6.45) is 0.146. The summed E-state index contributed by atoms with van der Waals surface area (Å²) >= 11 is 3.27. The first-order valence-electron chi connectivity index (χ1n) is 9.76. The summed E-state index contributed by atoms with van der Waals surface area (Å²) in [5, 5.41) is 7.80. The van der Waals surface area contributed by atoms with Crippen molar-refractivity contribution in [3.05, 3.63) is 94.5 Å². The average molecular weight is 552 g/mol. The molecule has 0 saturated heterocycles. The Morgan fingerprint density at radius 1 is 0.818 bits per heavy atom. The maximum absolute atomic E-state index is 12.9. The number of halogens is 1. The summed E-state index contributed by atoms with van der Waals surface area (Å²) in [7, 11) is -7.77. The number of sulfonamides is 2. The Morgan fingerprint density at radius 2 is 1.39 bits per heavy atom. The molecule has 0 aliphatic carbocycles. The molecule has 0 aromatic heterocycles. The number of benzene rings is 3. The van der Waals surface area contributed by atoms with E-state index in [1.807, 2.05) is 6.07 Å². The SMILES string of the molecule is NS(=O)(=O)c1ccc(CNC(=O)[C@@H](Cc2ccccc2)NS(=O)(=O)c2ccc(Br)cc2)cc1. The third kappa shape index (κ3) is 7.21. The molecule has 0 aliphatic heterocycles. The van der Waals surface area contributed by atoms with Crippen molar-refractivity contribution in [2.45, 2.75) is 28.8 Å². The molecule has 11 heteroatoms. The highest BCUT2D eigenvalue weighted by atomic mass is 79.9.